The molecule has 1 atom stereocenters. The molecule has 0 aromatic heterocycles. The second kappa shape index (κ2) is 6.98. The predicted octanol–water partition coefficient (Wildman–Crippen LogP) is 2.03. The summed E-state index contributed by atoms with van der Waals surface area (Å²) in [4.78, 5) is 25.5. The summed E-state index contributed by atoms with van der Waals surface area (Å²) in [6.07, 6.45) is 0.0707. The van der Waals surface area contributed by atoms with Gasteiger partial charge >= 0.3 is 6.09 Å². The molecule has 0 saturated carbocycles. The van der Waals surface area contributed by atoms with Crippen molar-refractivity contribution in [2.45, 2.75) is 58.3 Å². The third-order valence-corrected chi connectivity index (χ3v) is 5.89. The van der Waals surface area contributed by atoms with Crippen LogP contribution in [0.4, 0.5) is 4.79 Å². The molecule has 128 valence electrons. The highest BCUT2D eigenvalue weighted by atomic mass is 32.2. The Kier molecular flexibility index (Phi) is 6.01. The maximum Gasteiger partial charge on any atom is 0.410 e. The van der Waals surface area contributed by atoms with E-state index in [9.17, 15) is 18.0 Å². The second-order valence-corrected chi connectivity index (χ2v) is 9.72. The molecule has 0 N–H and O–H groups in total. The van der Waals surface area contributed by atoms with Crippen LogP contribution in [0.25, 0.3) is 0 Å². The van der Waals surface area contributed by atoms with Crippen molar-refractivity contribution >= 4 is 21.7 Å². The van der Waals surface area contributed by atoms with Crippen molar-refractivity contribution in [1.29, 1.82) is 0 Å². The van der Waals surface area contributed by atoms with Crippen LogP contribution in [0.1, 0.15) is 47.5 Å². The van der Waals surface area contributed by atoms with Crippen LogP contribution in [0, 0.1) is 5.92 Å². The summed E-state index contributed by atoms with van der Waals surface area (Å²) in [6, 6.07) is 0. The van der Waals surface area contributed by atoms with Gasteiger partial charge in [0.05, 0.1) is 11.0 Å². The fraction of sp³-hybridized carbons (Fsp3) is 0.867. The first-order chi connectivity index (χ1) is 9.92. The van der Waals surface area contributed by atoms with Crippen LogP contribution in [0.2, 0.25) is 0 Å². The Bertz CT molecular complexity index is 519. The predicted molar refractivity (Wildman–Crippen MR) is 84.5 cm³/mol. The first kappa shape index (κ1) is 18.9. The van der Waals surface area contributed by atoms with Gasteiger partial charge in [0.15, 0.2) is 9.84 Å². The molecule has 1 amide bonds. The van der Waals surface area contributed by atoms with E-state index >= 15 is 0 Å². The summed E-state index contributed by atoms with van der Waals surface area (Å²) in [5, 5.41) is -0.451. The van der Waals surface area contributed by atoms with E-state index in [-0.39, 0.29) is 30.9 Å². The molecule has 1 fully saturated rings. The van der Waals surface area contributed by atoms with Gasteiger partial charge in [0.1, 0.15) is 11.4 Å². The Morgan fingerprint density at radius 2 is 1.95 bits per heavy atom. The van der Waals surface area contributed by atoms with E-state index in [2.05, 4.69) is 0 Å². The lowest BCUT2D eigenvalue weighted by molar-refractivity contribution is -0.126. The molecule has 22 heavy (non-hydrogen) atoms. The fourth-order valence-electron chi connectivity index (χ4n) is 2.20. The second-order valence-electron chi connectivity index (χ2n) is 7.04. The molecular formula is C15H27NO5S. The zero-order valence-electron chi connectivity index (χ0n) is 14.1. The minimum Gasteiger partial charge on any atom is -0.444 e. The van der Waals surface area contributed by atoms with Crippen molar-refractivity contribution in [1.82, 2.24) is 4.90 Å². The third kappa shape index (κ3) is 5.59. The number of hydrogen-bond acceptors (Lipinski definition) is 5. The number of likely N-dealkylation sites (tertiary alicyclic amines) is 1. The van der Waals surface area contributed by atoms with Gasteiger partial charge in [0.25, 0.3) is 0 Å². The van der Waals surface area contributed by atoms with Crippen LogP contribution in [0.15, 0.2) is 0 Å². The number of ether oxygens (including phenoxy) is 1. The zero-order chi connectivity index (χ0) is 17.1. The van der Waals surface area contributed by atoms with Crippen molar-refractivity contribution in [3.05, 3.63) is 0 Å². The first-order valence-corrected chi connectivity index (χ1v) is 9.36. The van der Waals surface area contributed by atoms with Crippen LogP contribution in [0.5, 0.6) is 0 Å². The Balaban J connectivity index is 2.64. The van der Waals surface area contributed by atoms with E-state index in [0.29, 0.717) is 6.54 Å². The van der Waals surface area contributed by atoms with Crippen LogP contribution < -0.4 is 0 Å². The molecule has 6 nitrogen and oxygen atoms in total. The van der Waals surface area contributed by atoms with Gasteiger partial charge in [-0.25, -0.2) is 13.2 Å². The molecule has 0 aromatic rings. The molecule has 1 rings (SSSR count). The Labute approximate surface area is 133 Å². The largest absolute Gasteiger partial charge is 0.444 e. The number of sulfone groups is 1. The Hall–Kier alpha value is -1.11. The number of hydrogen-bond donors (Lipinski definition) is 0. The molecule has 1 heterocycles. The standard InChI is InChI=1S/C15H27NO5S/c1-11(2)22(19,20)9-7-12-10-16(8-6-13(12)17)14(18)21-15(3,4)5/h11-12H,6-10H2,1-5H3. The van der Waals surface area contributed by atoms with Crippen molar-refractivity contribution in [3.63, 3.8) is 0 Å². The van der Waals surface area contributed by atoms with Crippen LogP contribution in [-0.2, 0) is 19.4 Å². The Morgan fingerprint density at radius 1 is 1.36 bits per heavy atom. The highest BCUT2D eigenvalue weighted by Crippen LogP contribution is 2.20. The van der Waals surface area contributed by atoms with E-state index in [0.717, 1.165) is 0 Å². The van der Waals surface area contributed by atoms with Crippen LogP contribution in [-0.4, -0.2) is 54.9 Å². The normalized spacial score (nSPS) is 20.4. The molecule has 7 heteroatoms. The van der Waals surface area contributed by atoms with E-state index in [1.807, 2.05) is 0 Å². The van der Waals surface area contributed by atoms with Crippen molar-refractivity contribution < 1.29 is 22.7 Å². The Morgan fingerprint density at radius 3 is 2.45 bits per heavy atom. The summed E-state index contributed by atoms with van der Waals surface area (Å²) in [7, 11) is -3.17. The topological polar surface area (TPSA) is 80.8 Å². The summed E-state index contributed by atoms with van der Waals surface area (Å²) in [5.74, 6) is -0.419. The van der Waals surface area contributed by atoms with Crippen molar-refractivity contribution in [2.24, 2.45) is 5.92 Å². The van der Waals surface area contributed by atoms with Gasteiger partial charge < -0.3 is 9.64 Å². The maximum absolute atomic E-state index is 12.0. The minimum atomic E-state index is -3.17. The molecular weight excluding hydrogens is 306 g/mol. The third-order valence-electron chi connectivity index (χ3n) is 3.64. The quantitative estimate of drug-likeness (QED) is 0.786. The van der Waals surface area contributed by atoms with Gasteiger partial charge in [0.2, 0.25) is 0 Å². The monoisotopic (exact) mass is 333 g/mol. The van der Waals surface area contributed by atoms with Gasteiger partial charge in [-0.05, 0) is 41.0 Å². The molecule has 0 aromatic carbocycles. The van der Waals surface area contributed by atoms with Gasteiger partial charge in [-0.2, -0.15) is 0 Å². The number of amides is 1. The highest BCUT2D eigenvalue weighted by molar-refractivity contribution is 7.91. The number of carbonyl (C=O) groups excluding carboxylic acids is 2. The van der Waals surface area contributed by atoms with Crippen molar-refractivity contribution in [3.8, 4) is 0 Å². The summed E-state index contributed by atoms with van der Waals surface area (Å²) in [5.41, 5.74) is -0.588. The van der Waals surface area contributed by atoms with Crippen molar-refractivity contribution in [2.75, 3.05) is 18.8 Å². The number of piperidine rings is 1. The molecule has 1 aliphatic heterocycles. The molecule has 1 unspecified atom stereocenters. The van der Waals surface area contributed by atoms with E-state index in [1.54, 1.807) is 34.6 Å². The average Bonchev–Trinajstić information content (AvgIpc) is 2.35. The van der Waals surface area contributed by atoms with E-state index in [4.69, 9.17) is 4.74 Å². The first-order valence-electron chi connectivity index (χ1n) is 7.64. The number of nitrogens with zero attached hydrogens (tertiary/aromatic N) is 1. The summed E-state index contributed by atoms with van der Waals surface area (Å²) in [6.45, 7) is 9.19. The molecule has 0 radical (unpaired) electrons. The number of carbonyl (C=O) groups is 2. The fourth-order valence-corrected chi connectivity index (χ4v) is 3.28. The maximum atomic E-state index is 12.0. The molecule has 0 spiro atoms. The van der Waals surface area contributed by atoms with Gasteiger partial charge in [0, 0.05) is 25.4 Å². The molecule has 1 saturated heterocycles. The van der Waals surface area contributed by atoms with E-state index in [1.165, 1.54) is 4.90 Å². The zero-order valence-corrected chi connectivity index (χ0v) is 14.9. The average molecular weight is 333 g/mol. The van der Waals surface area contributed by atoms with Crippen LogP contribution >= 0.6 is 0 Å². The lowest BCUT2D eigenvalue weighted by atomic mass is 9.94. The van der Waals surface area contributed by atoms with E-state index < -0.39 is 32.7 Å². The lowest BCUT2D eigenvalue weighted by Crippen LogP contribution is -2.46. The smallest absolute Gasteiger partial charge is 0.410 e. The molecule has 1 aliphatic rings. The van der Waals surface area contributed by atoms with Gasteiger partial charge in [-0.1, -0.05) is 0 Å². The summed E-state index contributed by atoms with van der Waals surface area (Å²) < 4.78 is 29.0. The molecule has 0 bridgehead atoms. The van der Waals surface area contributed by atoms with Gasteiger partial charge in [-0.15, -0.1) is 0 Å². The highest BCUT2D eigenvalue weighted by Gasteiger charge is 2.33. The summed E-state index contributed by atoms with van der Waals surface area (Å²) >= 11 is 0. The number of Topliss-reactive ketones (excluding diaryl/α,β-unsaturated/α-hetero) is 1. The van der Waals surface area contributed by atoms with Crippen LogP contribution in [0.3, 0.4) is 0 Å². The minimum absolute atomic E-state index is 0.0246. The SMILES string of the molecule is CC(C)S(=O)(=O)CCC1CN(C(=O)OC(C)(C)C)CCC1=O. The lowest BCUT2D eigenvalue weighted by Gasteiger charge is -2.33. The van der Waals surface area contributed by atoms with Gasteiger partial charge in [-0.3, -0.25) is 4.79 Å². The molecule has 0 aliphatic carbocycles. The number of rotatable bonds is 4. The number of ketones is 1.